The first-order chi connectivity index (χ1) is 6.02. The van der Waals surface area contributed by atoms with Crippen LogP contribution in [0.1, 0.15) is 42.5 Å². The summed E-state index contributed by atoms with van der Waals surface area (Å²) < 4.78 is 0. The highest BCUT2D eigenvalue weighted by Gasteiger charge is 1.95. The van der Waals surface area contributed by atoms with Crippen molar-refractivity contribution in [2.45, 2.75) is 48.0 Å². The van der Waals surface area contributed by atoms with Crippen LogP contribution in [0.15, 0.2) is 12.1 Å². The van der Waals surface area contributed by atoms with Crippen LogP contribution in [0.5, 0.6) is 0 Å². The standard InChI is InChI=1S/C10H14.C3H8/c1-7-5-8(2)10(4)9(3)6-7;1-3-2/h5-6H,1-4H3;3H2,1-2H3. The molecule has 0 heteroatoms. The third kappa shape index (κ3) is 4.12. The topological polar surface area (TPSA) is 0 Å². The molecule has 0 aliphatic heterocycles. The first-order valence-corrected chi connectivity index (χ1v) is 5.07. The molecular weight excluding hydrogens is 156 g/mol. The van der Waals surface area contributed by atoms with E-state index in [1.807, 2.05) is 0 Å². The Morgan fingerprint density at radius 3 is 1.46 bits per heavy atom. The molecule has 0 nitrogen and oxygen atoms in total. The molecule has 0 heterocycles. The monoisotopic (exact) mass is 178 g/mol. The van der Waals surface area contributed by atoms with E-state index in [1.165, 1.54) is 28.7 Å². The first kappa shape index (κ1) is 12.2. The van der Waals surface area contributed by atoms with Gasteiger partial charge in [0.05, 0.1) is 0 Å². The second kappa shape index (κ2) is 5.80. The summed E-state index contributed by atoms with van der Waals surface area (Å²) in [6.07, 6.45) is 1.25. The minimum Gasteiger partial charge on any atom is -0.0656 e. The molecule has 0 aliphatic rings. The summed E-state index contributed by atoms with van der Waals surface area (Å²) in [4.78, 5) is 0. The van der Waals surface area contributed by atoms with Crippen LogP contribution in [0, 0.1) is 27.7 Å². The van der Waals surface area contributed by atoms with Gasteiger partial charge >= 0.3 is 0 Å². The highest BCUT2D eigenvalue weighted by atomic mass is 14.0. The molecule has 1 aromatic rings. The van der Waals surface area contributed by atoms with E-state index in [4.69, 9.17) is 0 Å². The molecule has 0 fully saturated rings. The highest BCUT2D eigenvalue weighted by Crippen LogP contribution is 2.13. The van der Waals surface area contributed by atoms with Gasteiger partial charge in [-0.15, -0.1) is 0 Å². The van der Waals surface area contributed by atoms with Crippen LogP contribution in [0.25, 0.3) is 0 Å². The van der Waals surface area contributed by atoms with E-state index >= 15 is 0 Å². The van der Waals surface area contributed by atoms with Crippen molar-refractivity contribution < 1.29 is 0 Å². The summed E-state index contributed by atoms with van der Waals surface area (Å²) >= 11 is 0. The molecule has 0 saturated heterocycles. The minimum atomic E-state index is 1.25. The molecule has 0 aliphatic carbocycles. The van der Waals surface area contributed by atoms with Crippen LogP contribution >= 0.6 is 0 Å². The Morgan fingerprint density at radius 2 is 1.15 bits per heavy atom. The predicted octanol–water partition coefficient (Wildman–Crippen LogP) is 4.34. The number of benzene rings is 1. The number of rotatable bonds is 0. The van der Waals surface area contributed by atoms with E-state index in [-0.39, 0.29) is 0 Å². The Bertz CT molecular complexity index is 236. The van der Waals surface area contributed by atoms with Gasteiger partial charge in [0.15, 0.2) is 0 Å². The Kier molecular flexibility index (Phi) is 5.45. The van der Waals surface area contributed by atoms with Gasteiger partial charge in [-0.2, -0.15) is 0 Å². The van der Waals surface area contributed by atoms with Gasteiger partial charge in [-0.3, -0.25) is 0 Å². The molecule has 0 bridgehead atoms. The van der Waals surface area contributed by atoms with Gasteiger partial charge in [0.2, 0.25) is 0 Å². The fourth-order valence-corrected chi connectivity index (χ4v) is 1.25. The van der Waals surface area contributed by atoms with Gasteiger partial charge in [-0.05, 0) is 44.4 Å². The zero-order valence-corrected chi connectivity index (χ0v) is 9.86. The van der Waals surface area contributed by atoms with Gasteiger partial charge in [0.1, 0.15) is 0 Å². The largest absolute Gasteiger partial charge is 0.0656 e. The Hall–Kier alpha value is -0.780. The average molecular weight is 178 g/mol. The summed E-state index contributed by atoms with van der Waals surface area (Å²) in [6.45, 7) is 12.9. The molecule has 13 heavy (non-hydrogen) atoms. The second-order valence-corrected chi connectivity index (χ2v) is 3.73. The van der Waals surface area contributed by atoms with Crippen molar-refractivity contribution in [2.24, 2.45) is 0 Å². The quantitative estimate of drug-likeness (QED) is 0.554. The van der Waals surface area contributed by atoms with Gasteiger partial charge in [-0.25, -0.2) is 0 Å². The molecule has 0 saturated carbocycles. The van der Waals surface area contributed by atoms with Crippen molar-refractivity contribution >= 4 is 0 Å². The van der Waals surface area contributed by atoms with Gasteiger partial charge < -0.3 is 0 Å². The minimum absolute atomic E-state index is 1.25. The zero-order valence-electron chi connectivity index (χ0n) is 9.86. The number of aryl methyl sites for hydroxylation is 3. The molecule has 74 valence electrons. The van der Waals surface area contributed by atoms with Crippen molar-refractivity contribution in [3.63, 3.8) is 0 Å². The van der Waals surface area contributed by atoms with E-state index < -0.39 is 0 Å². The van der Waals surface area contributed by atoms with Crippen LogP contribution in [0.4, 0.5) is 0 Å². The van der Waals surface area contributed by atoms with E-state index in [0.717, 1.165) is 0 Å². The predicted molar refractivity (Wildman–Crippen MR) is 61.4 cm³/mol. The fraction of sp³-hybridized carbons (Fsp3) is 0.538. The lowest BCUT2D eigenvalue weighted by molar-refractivity contribution is 1.09. The van der Waals surface area contributed by atoms with Crippen molar-refractivity contribution in [2.75, 3.05) is 0 Å². The zero-order chi connectivity index (χ0) is 10.4. The van der Waals surface area contributed by atoms with Crippen molar-refractivity contribution in [1.29, 1.82) is 0 Å². The van der Waals surface area contributed by atoms with Gasteiger partial charge in [-0.1, -0.05) is 38.0 Å². The molecule has 0 amide bonds. The summed E-state index contributed by atoms with van der Waals surface area (Å²) in [6, 6.07) is 4.45. The molecule has 0 radical (unpaired) electrons. The molecular formula is C13H22. The molecule has 1 rings (SSSR count). The smallest absolute Gasteiger partial charge is 0.0392 e. The third-order valence-corrected chi connectivity index (χ3v) is 2.07. The van der Waals surface area contributed by atoms with E-state index in [0.29, 0.717) is 0 Å². The Balaban J connectivity index is 0.000000424. The molecule has 0 N–H and O–H groups in total. The summed E-state index contributed by atoms with van der Waals surface area (Å²) in [5.74, 6) is 0. The van der Waals surface area contributed by atoms with Gasteiger partial charge in [0, 0.05) is 0 Å². The van der Waals surface area contributed by atoms with Gasteiger partial charge in [0.25, 0.3) is 0 Å². The van der Waals surface area contributed by atoms with Crippen LogP contribution in [-0.4, -0.2) is 0 Å². The molecule has 0 unspecified atom stereocenters. The maximum absolute atomic E-state index is 2.22. The van der Waals surface area contributed by atoms with E-state index in [9.17, 15) is 0 Å². The maximum Gasteiger partial charge on any atom is -0.0392 e. The van der Waals surface area contributed by atoms with Crippen LogP contribution in [0.3, 0.4) is 0 Å². The highest BCUT2D eigenvalue weighted by molar-refractivity contribution is 5.35. The van der Waals surface area contributed by atoms with E-state index in [1.54, 1.807) is 0 Å². The third-order valence-electron chi connectivity index (χ3n) is 2.07. The lowest BCUT2D eigenvalue weighted by Gasteiger charge is -2.04. The molecule has 0 spiro atoms. The summed E-state index contributed by atoms with van der Waals surface area (Å²) in [5, 5.41) is 0. The SMILES string of the molecule is CCC.Cc1cc(C)c(C)c(C)c1. The Labute approximate surface area is 83.0 Å². The van der Waals surface area contributed by atoms with E-state index in [2.05, 4.69) is 53.7 Å². The fourth-order valence-electron chi connectivity index (χ4n) is 1.25. The molecule has 0 atom stereocenters. The Morgan fingerprint density at radius 1 is 0.846 bits per heavy atom. The van der Waals surface area contributed by atoms with Crippen LogP contribution in [-0.2, 0) is 0 Å². The molecule has 0 aromatic heterocycles. The summed E-state index contributed by atoms with van der Waals surface area (Å²) in [7, 11) is 0. The van der Waals surface area contributed by atoms with Crippen LogP contribution in [0.2, 0.25) is 0 Å². The lowest BCUT2D eigenvalue weighted by atomic mass is 10.0. The maximum atomic E-state index is 2.22. The summed E-state index contributed by atoms with van der Waals surface area (Å²) in [5.41, 5.74) is 5.58. The molecule has 1 aromatic carbocycles. The normalized spacial score (nSPS) is 9.08. The second-order valence-electron chi connectivity index (χ2n) is 3.73. The van der Waals surface area contributed by atoms with Crippen LogP contribution < -0.4 is 0 Å². The average Bonchev–Trinajstić information content (AvgIpc) is 2.01. The van der Waals surface area contributed by atoms with Crippen molar-refractivity contribution in [1.82, 2.24) is 0 Å². The lowest BCUT2D eigenvalue weighted by Crippen LogP contribution is -1.86. The number of hydrogen-bond donors (Lipinski definition) is 0. The number of hydrogen-bond acceptors (Lipinski definition) is 0. The first-order valence-electron chi connectivity index (χ1n) is 5.07. The van der Waals surface area contributed by atoms with Crippen molar-refractivity contribution in [3.8, 4) is 0 Å². The van der Waals surface area contributed by atoms with Crippen molar-refractivity contribution in [3.05, 3.63) is 34.4 Å².